The number of fused-ring (bicyclic) bond motifs is 1. The van der Waals surface area contributed by atoms with E-state index in [0.29, 0.717) is 29.6 Å². The molecule has 3 aromatic rings. The third-order valence-corrected chi connectivity index (χ3v) is 6.60. The Morgan fingerprint density at radius 3 is 2.47 bits per heavy atom. The van der Waals surface area contributed by atoms with Crippen molar-refractivity contribution in [2.75, 3.05) is 32.1 Å². The Bertz CT molecular complexity index is 1150. The molecule has 0 bridgehead atoms. The number of hydrogen-bond donors (Lipinski definition) is 2. The van der Waals surface area contributed by atoms with Crippen molar-refractivity contribution in [1.82, 2.24) is 9.88 Å². The van der Waals surface area contributed by atoms with Gasteiger partial charge in [-0.1, -0.05) is 35.3 Å². The number of unbranched alkanes of at least 4 members (excludes halogenated alkanes) is 2. The van der Waals surface area contributed by atoms with Crippen LogP contribution in [-0.2, 0) is 18.4 Å². The van der Waals surface area contributed by atoms with Crippen LogP contribution >= 0.6 is 23.2 Å². The molecule has 0 unspecified atom stereocenters. The van der Waals surface area contributed by atoms with Crippen molar-refractivity contribution in [2.24, 2.45) is 12.8 Å². The highest BCUT2D eigenvalue weighted by atomic mass is 35.5. The number of amides is 1. The van der Waals surface area contributed by atoms with E-state index in [1.807, 2.05) is 33.3 Å². The van der Waals surface area contributed by atoms with Gasteiger partial charge in [-0.05, 0) is 43.0 Å². The van der Waals surface area contributed by atoms with E-state index in [1.165, 1.54) is 0 Å². The quantitative estimate of drug-likeness (QED) is 0.296. The summed E-state index contributed by atoms with van der Waals surface area (Å²) in [6.07, 6.45) is 7.53. The van der Waals surface area contributed by atoms with Crippen molar-refractivity contribution in [1.29, 1.82) is 0 Å². The lowest BCUT2D eigenvalue weighted by Gasteiger charge is -2.11. The first kappa shape index (κ1) is 26.1. The van der Waals surface area contributed by atoms with E-state index < -0.39 is 0 Å². The molecular formula is C26H34Cl2N5O+. The number of nitrogens with two attached hydrogens (primary N) is 1. The van der Waals surface area contributed by atoms with E-state index in [9.17, 15) is 4.79 Å². The summed E-state index contributed by atoms with van der Waals surface area (Å²) in [6.45, 7) is 1.81. The van der Waals surface area contributed by atoms with Crippen LogP contribution in [0.1, 0.15) is 37.1 Å². The molecule has 0 fully saturated rings. The first-order valence-corrected chi connectivity index (χ1v) is 12.4. The zero-order chi connectivity index (χ0) is 24.7. The van der Waals surface area contributed by atoms with Crippen molar-refractivity contribution in [3.05, 3.63) is 57.8 Å². The third kappa shape index (κ3) is 6.53. The maximum atomic E-state index is 11.8. The average Bonchev–Trinajstić information content (AvgIpc) is 3.06. The highest BCUT2D eigenvalue weighted by Gasteiger charge is 2.22. The van der Waals surface area contributed by atoms with Gasteiger partial charge in [-0.15, -0.1) is 0 Å². The molecule has 0 saturated heterocycles. The van der Waals surface area contributed by atoms with Crippen LogP contribution in [0.3, 0.4) is 0 Å². The zero-order valence-corrected chi connectivity index (χ0v) is 21.7. The van der Waals surface area contributed by atoms with Crippen LogP contribution in [0.15, 0.2) is 36.4 Å². The predicted octanol–water partition coefficient (Wildman–Crippen LogP) is 4.64. The molecule has 2 aromatic carbocycles. The maximum absolute atomic E-state index is 11.8. The van der Waals surface area contributed by atoms with Crippen molar-refractivity contribution < 1.29 is 9.36 Å². The normalized spacial score (nSPS) is 11.5. The van der Waals surface area contributed by atoms with Crippen molar-refractivity contribution >= 4 is 58.0 Å². The second kappa shape index (κ2) is 12.2. The molecule has 3 rings (SSSR count). The first-order valence-electron chi connectivity index (χ1n) is 11.6. The summed E-state index contributed by atoms with van der Waals surface area (Å²) in [5.74, 6) is 1.12. The number of hydrogen-bond acceptors (Lipinski definition) is 3. The molecular weight excluding hydrogens is 469 g/mol. The van der Waals surface area contributed by atoms with Gasteiger partial charge in [0.05, 0.1) is 23.6 Å². The van der Waals surface area contributed by atoms with Crippen LogP contribution in [0.4, 0.5) is 5.69 Å². The lowest BCUT2D eigenvalue weighted by atomic mass is 10.1. The minimum absolute atomic E-state index is 0.0635. The Kier molecular flexibility index (Phi) is 9.39. The highest BCUT2D eigenvalue weighted by Crippen LogP contribution is 2.28. The predicted molar refractivity (Wildman–Crippen MR) is 143 cm³/mol. The third-order valence-electron chi connectivity index (χ3n) is 5.88. The SMILES string of the molecule is CN(C)c1ccc(/C=C/c2n(CCCCCC(=O)NCCN)c3cc(Cl)c(Cl)cc3[n+]2C)cc1. The number of nitrogens with zero attached hydrogens (tertiary/aromatic N) is 3. The molecule has 0 spiro atoms. The van der Waals surface area contributed by atoms with Gasteiger partial charge in [0, 0.05) is 57.5 Å². The topological polar surface area (TPSA) is 67.2 Å². The van der Waals surface area contributed by atoms with Gasteiger partial charge < -0.3 is 16.0 Å². The molecule has 6 nitrogen and oxygen atoms in total. The summed E-state index contributed by atoms with van der Waals surface area (Å²) in [6, 6.07) is 12.3. The van der Waals surface area contributed by atoms with E-state index in [4.69, 9.17) is 28.9 Å². The number of benzene rings is 2. The molecule has 0 atom stereocenters. The van der Waals surface area contributed by atoms with Crippen LogP contribution in [0.2, 0.25) is 10.0 Å². The summed E-state index contributed by atoms with van der Waals surface area (Å²) < 4.78 is 4.42. The lowest BCUT2D eigenvalue weighted by Crippen LogP contribution is -2.31. The highest BCUT2D eigenvalue weighted by molar-refractivity contribution is 6.42. The average molecular weight is 503 g/mol. The van der Waals surface area contributed by atoms with Crippen LogP contribution in [-0.4, -0.2) is 37.7 Å². The largest absolute Gasteiger partial charge is 0.378 e. The summed E-state index contributed by atoms with van der Waals surface area (Å²) in [5, 5.41) is 3.90. The summed E-state index contributed by atoms with van der Waals surface area (Å²) in [7, 11) is 6.11. The lowest BCUT2D eigenvalue weighted by molar-refractivity contribution is -0.647. The zero-order valence-electron chi connectivity index (χ0n) is 20.2. The Hall–Kier alpha value is -2.54. The molecule has 1 aromatic heterocycles. The summed E-state index contributed by atoms with van der Waals surface area (Å²) in [5.41, 5.74) is 9.79. The number of imidazole rings is 1. The Morgan fingerprint density at radius 1 is 1.09 bits per heavy atom. The summed E-state index contributed by atoms with van der Waals surface area (Å²) >= 11 is 12.7. The molecule has 1 amide bonds. The molecule has 182 valence electrons. The second-order valence-corrected chi connectivity index (χ2v) is 9.41. The number of aromatic nitrogens is 2. The van der Waals surface area contributed by atoms with Gasteiger partial charge in [0.2, 0.25) is 5.91 Å². The van der Waals surface area contributed by atoms with E-state index >= 15 is 0 Å². The first-order chi connectivity index (χ1) is 16.3. The van der Waals surface area contributed by atoms with Crippen molar-refractivity contribution in [3.8, 4) is 0 Å². The fraction of sp³-hybridized carbons (Fsp3) is 0.385. The molecule has 8 heteroatoms. The van der Waals surface area contributed by atoms with Gasteiger partial charge in [0.1, 0.15) is 0 Å². The number of aryl methyl sites for hydroxylation is 2. The van der Waals surface area contributed by atoms with Gasteiger partial charge in [0.25, 0.3) is 5.82 Å². The van der Waals surface area contributed by atoms with E-state index in [2.05, 4.69) is 55.8 Å². The number of nitrogens with one attached hydrogen (secondary N) is 1. The minimum atomic E-state index is 0.0635. The molecule has 0 aliphatic heterocycles. The number of anilines is 1. The molecule has 0 saturated carbocycles. The standard InChI is InChI=1S/C26H33Cl2N5O/c1-31(2)20-11-8-19(9-12-20)10-13-26-32(3)23-17-21(27)22(28)18-24(23)33(26)16-6-4-5-7-25(34)30-15-14-29/h8-13,17-18H,4-7,14-16,29H2,1-3H3/p+1. The van der Waals surface area contributed by atoms with E-state index in [0.717, 1.165) is 53.9 Å². The van der Waals surface area contributed by atoms with E-state index in [-0.39, 0.29) is 5.91 Å². The molecule has 0 radical (unpaired) electrons. The van der Waals surface area contributed by atoms with Gasteiger partial charge in [-0.2, -0.15) is 0 Å². The monoisotopic (exact) mass is 502 g/mol. The smallest absolute Gasteiger partial charge is 0.282 e. The summed E-state index contributed by atoms with van der Waals surface area (Å²) in [4.78, 5) is 13.9. The fourth-order valence-electron chi connectivity index (χ4n) is 3.96. The molecule has 3 N–H and O–H groups in total. The Labute approximate surface area is 211 Å². The number of rotatable bonds is 11. The van der Waals surface area contributed by atoms with Gasteiger partial charge in [-0.25, -0.2) is 9.13 Å². The second-order valence-electron chi connectivity index (χ2n) is 8.59. The van der Waals surface area contributed by atoms with Gasteiger partial charge in [0.15, 0.2) is 11.0 Å². The molecule has 1 heterocycles. The van der Waals surface area contributed by atoms with Crippen molar-refractivity contribution in [2.45, 2.75) is 32.2 Å². The van der Waals surface area contributed by atoms with Crippen LogP contribution in [0.25, 0.3) is 23.2 Å². The molecule has 0 aliphatic rings. The van der Waals surface area contributed by atoms with E-state index in [1.54, 1.807) is 0 Å². The molecule has 0 aliphatic carbocycles. The fourth-order valence-corrected chi connectivity index (χ4v) is 4.28. The minimum Gasteiger partial charge on any atom is -0.378 e. The number of halogens is 2. The Balaban J connectivity index is 1.80. The molecule has 34 heavy (non-hydrogen) atoms. The maximum Gasteiger partial charge on any atom is 0.282 e. The number of carbonyl (C=O) groups is 1. The van der Waals surface area contributed by atoms with Crippen LogP contribution in [0.5, 0.6) is 0 Å². The van der Waals surface area contributed by atoms with Crippen LogP contribution in [0, 0.1) is 0 Å². The van der Waals surface area contributed by atoms with Gasteiger partial charge in [-0.3, -0.25) is 4.79 Å². The van der Waals surface area contributed by atoms with Crippen LogP contribution < -0.4 is 20.5 Å². The van der Waals surface area contributed by atoms with Gasteiger partial charge >= 0.3 is 0 Å². The van der Waals surface area contributed by atoms with Crippen molar-refractivity contribution in [3.63, 3.8) is 0 Å². The number of carbonyl (C=O) groups excluding carboxylic acids is 1. The Morgan fingerprint density at radius 2 is 1.79 bits per heavy atom.